The van der Waals surface area contributed by atoms with Crippen LogP contribution < -0.4 is 4.74 Å². The molecule has 0 saturated carbocycles. The second-order valence-corrected chi connectivity index (χ2v) is 3.22. The van der Waals surface area contributed by atoms with Gasteiger partial charge in [0.25, 0.3) is 0 Å². The van der Waals surface area contributed by atoms with E-state index in [9.17, 15) is 23.3 Å². The number of nitriles is 1. The van der Waals surface area contributed by atoms with Crippen LogP contribution in [0.15, 0.2) is 6.07 Å². The summed E-state index contributed by atoms with van der Waals surface area (Å²) in [7, 11) is 0. The number of rotatable bonds is 3. The first-order chi connectivity index (χ1) is 8.24. The number of pyridine rings is 1. The quantitative estimate of drug-likeness (QED) is 0.615. The maximum atomic E-state index is 12.1. The van der Waals surface area contributed by atoms with Crippen LogP contribution in [-0.2, 0) is 6.42 Å². The van der Waals surface area contributed by atoms with E-state index < -0.39 is 22.9 Å². The second-order valence-electron chi connectivity index (χ2n) is 3.22. The number of halogens is 3. The normalized spacial score (nSPS) is 10.8. The largest absolute Gasteiger partial charge is 0.574 e. The smallest absolute Gasteiger partial charge is 0.381 e. The van der Waals surface area contributed by atoms with Gasteiger partial charge in [0.2, 0.25) is 0 Å². The fourth-order valence-corrected chi connectivity index (χ4v) is 1.28. The predicted molar refractivity (Wildman–Crippen MR) is 51.6 cm³/mol. The Hall–Kier alpha value is -2.37. The fourth-order valence-electron chi connectivity index (χ4n) is 1.28. The zero-order valence-electron chi connectivity index (χ0n) is 8.98. The zero-order chi connectivity index (χ0) is 13.9. The molecule has 0 bridgehead atoms. The van der Waals surface area contributed by atoms with Gasteiger partial charge in [-0.1, -0.05) is 0 Å². The highest BCUT2D eigenvalue weighted by Gasteiger charge is 2.36. The van der Waals surface area contributed by atoms with Crippen molar-refractivity contribution in [2.45, 2.75) is 19.7 Å². The maximum Gasteiger partial charge on any atom is 0.574 e. The molecule has 0 spiro atoms. The first-order valence-electron chi connectivity index (χ1n) is 4.52. The number of nitro groups is 1. The summed E-state index contributed by atoms with van der Waals surface area (Å²) < 4.78 is 39.8. The van der Waals surface area contributed by atoms with E-state index in [2.05, 4.69) is 9.72 Å². The molecular weight excluding hydrogens is 255 g/mol. The molecule has 0 atom stereocenters. The molecule has 1 aromatic rings. The van der Waals surface area contributed by atoms with Gasteiger partial charge >= 0.3 is 17.9 Å². The third kappa shape index (κ3) is 3.31. The molecule has 9 heteroatoms. The van der Waals surface area contributed by atoms with Crippen molar-refractivity contribution >= 4 is 5.69 Å². The summed E-state index contributed by atoms with van der Waals surface area (Å²) in [4.78, 5) is 13.0. The zero-order valence-corrected chi connectivity index (χ0v) is 8.98. The number of hydrogen-bond donors (Lipinski definition) is 0. The molecule has 6 nitrogen and oxygen atoms in total. The van der Waals surface area contributed by atoms with E-state index in [4.69, 9.17) is 5.26 Å². The van der Waals surface area contributed by atoms with Crippen LogP contribution in [0.5, 0.6) is 5.88 Å². The standard InChI is InChI=1S/C9H6F3N3O3/c1-5-4-6(2-3-13)14-8(7(5)15(16)17)18-9(10,11)12/h4H,2H2,1H3. The first kappa shape index (κ1) is 13.7. The van der Waals surface area contributed by atoms with Crippen LogP contribution in [-0.4, -0.2) is 16.3 Å². The van der Waals surface area contributed by atoms with Crippen LogP contribution in [0.1, 0.15) is 11.3 Å². The van der Waals surface area contributed by atoms with E-state index in [0.717, 1.165) is 0 Å². The lowest BCUT2D eigenvalue weighted by Gasteiger charge is -2.10. The minimum absolute atomic E-state index is 0.0279. The van der Waals surface area contributed by atoms with E-state index in [1.165, 1.54) is 13.0 Å². The summed E-state index contributed by atoms with van der Waals surface area (Å²) in [5.41, 5.74) is -0.951. The van der Waals surface area contributed by atoms with Gasteiger partial charge in [-0.25, -0.2) is 4.98 Å². The molecule has 0 amide bonds. The van der Waals surface area contributed by atoms with Gasteiger partial charge in [-0.3, -0.25) is 10.1 Å². The number of ether oxygens (including phenoxy) is 1. The number of alkyl halides is 3. The van der Waals surface area contributed by atoms with Crippen LogP contribution in [0, 0.1) is 28.4 Å². The Morgan fingerprint density at radius 1 is 1.61 bits per heavy atom. The summed E-state index contributed by atoms with van der Waals surface area (Å²) in [6.07, 6.45) is -5.36. The van der Waals surface area contributed by atoms with Gasteiger partial charge in [-0.15, -0.1) is 13.2 Å². The predicted octanol–water partition coefficient (Wildman–Crippen LogP) is 2.26. The van der Waals surface area contributed by atoms with Gasteiger partial charge in [0.05, 0.1) is 23.1 Å². The average Bonchev–Trinajstić information content (AvgIpc) is 2.13. The van der Waals surface area contributed by atoms with Gasteiger partial charge in [-0.05, 0) is 13.0 Å². The Labute approximate surface area is 98.8 Å². The molecule has 0 aliphatic rings. The van der Waals surface area contributed by atoms with Crippen LogP contribution >= 0.6 is 0 Å². The van der Waals surface area contributed by atoms with E-state index >= 15 is 0 Å². The van der Waals surface area contributed by atoms with Crippen molar-refractivity contribution in [2.75, 3.05) is 0 Å². The van der Waals surface area contributed by atoms with Crippen LogP contribution in [0.3, 0.4) is 0 Å². The number of aromatic nitrogens is 1. The van der Waals surface area contributed by atoms with Gasteiger partial charge < -0.3 is 4.74 Å². The van der Waals surface area contributed by atoms with Gasteiger partial charge in [0.15, 0.2) is 0 Å². The van der Waals surface area contributed by atoms with E-state index in [1.807, 2.05) is 0 Å². The lowest BCUT2D eigenvalue weighted by atomic mass is 10.2. The van der Waals surface area contributed by atoms with Crippen LogP contribution in [0.2, 0.25) is 0 Å². The Morgan fingerprint density at radius 2 is 2.22 bits per heavy atom. The van der Waals surface area contributed by atoms with Crippen molar-refractivity contribution in [3.63, 3.8) is 0 Å². The Bertz CT molecular complexity index is 522. The Balaban J connectivity index is 3.34. The van der Waals surface area contributed by atoms with E-state index in [1.54, 1.807) is 6.07 Å². The second kappa shape index (κ2) is 4.87. The summed E-state index contributed by atoms with van der Waals surface area (Å²) in [6.45, 7) is 1.24. The number of hydrogen-bond acceptors (Lipinski definition) is 5. The molecule has 0 unspecified atom stereocenters. The van der Waals surface area contributed by atoms with Crippen LogP contribution in [0.4, 0.5) is 18.9 Å². The third-order valence-electron chi connectivity index (χ3n) is 1.86. The van der Waals surface area contributed by atoms with Crippen molar-refractivity contribution in [1.82, 2.24) is 4.98 Å². The minimum atomic E-state index is -5.09. The molecule has 0 fully saturated rings. The molecule has 1 rings (SSSR count). The molecule has 0 aliphatic heterocycles. The molecule has 0 radical (unpaired) electrons. The molecular formula is C9H6F3N3O3. The molecule has 96 valence electrons. The highest BCUT2D eigenvalue weighted by atomic mass is 19.4. The molecule has 0 aliphatic carbocycles. The Kier molecular flexibility index (Phi) is 3.70. The van der Waals surface area contributed by atoms with Crippen molar-refractivity contribution in [2.24, 2.45) is 0 Å². The van der Waals surface area contributed by atoms with Crippen molar-refractivity contribution in [3.8, 4) is 11.9 Å². The topological polar surface area (TPSA) is 89.0 Å². The highest BCUT2D eigenvalue weighted by molar-refractivity contribution is 5.49. The molecule has 0 saturated heterocycles. The fraction of sp³-hybridized carbons (Fsp3) is 0.333. The first-order valence-corrected chi connectivity index (χ1v) is 4.52. The summed E-state index contributed by atoms with van der Waals surface area (Å²) >= 11 is 0. The van der Waals surface area contributed by atoms with Crippen molar-refractivity contribution in [1.29, 1.82) is 5.26 Å². The molecule has 0 N–H and O–H groups in total. The third-order valence-corrected chi connectivity index (χ3v) is 1.86. The lowest BCUT2D eigenvalue weighted by Crippen LogP contribution is -2.19. The van der Waals surface area contributed by atoms with E-state index in [0.29, 0.717) is 0 Å². The summed E-state index contributed by atoms with van der Waals surface area (Å²) in [6, 6.07) is 2.85. The lowest BCUT2D eigenvalue weighted by molar-refractivity contribution is -0.389. The number of aryl methyl sites for hydroxylation is 1. The Morgan fingerprint density at radius 3 is 2.67 bits per heavy atom. The van der Waals surface area contributed by atoms with Crippen molar-refractivity contribution < 1.29 is 22.8 Å². The molecule has 1 heterocycles. The average molecular weight is 261 g/mol. The highest BCUT2D eigenvalue weighted by Crippen LogP contribution is 2.33. The monoisotopic (exact) mass is 261 g/mol. The number of nitrogens with zero attached hydrogens (tertiary/aromatic N) is 3. The summed E-state index contributed by atoms with van der Waals surface area (Å²) in [5.74, 6) is -1.15. The maximum absolute atomic E-state index is 12.1. The SMILES string of the molecule is Cc1cc(CC#N)nc(OC(F)(F)F)c1[N+](=O)[O-]. The molecule has 1 aromatic heterocycles. The van der Waals surface area contributed by atoms with Gasteiger partial charge in [0.1, 0.15) is 0 Å². The van der Waals surface area contributed by atoms with Gasteiger partial charge in [-0.2, -0.15) is 5.26 Å². The van der Waals surface area contributed by atoms with Crippen LogP contribution in [0.25, 0.3) is 0 Å². The van der Waals surface area contributed by atoms with Gasteiger partial charge in [0, 0.05) is 5.56 Å². The summed E-state index contributed by atoms with van der Waals surface area (Å²) in [5, 5.41) is 19.1. The molecule has 18 heavy (non-hydrogen) atoms. The molecule has 0 aromatic carbocycles. The van der Waals surface area contributed by atoms with Crippen molar-refractivity contribution in [3.05, 3.63) is 27.4 Å². The van der Waals surface area contributed by atoms with E-state index in [-0.39, 0.29) is 17.7 Å². The minimum Gasteiger partial charge on any atom is -0.381 e.